The highest BCUT2D eigenvalue weighted by Crippen LogP contribution is 2.31. The van der Waals surface area contributed by atoms with Gasteiger partial charge in [-0.25, -0.2) is 9.97 Å². The van der Waals surface area contributed by atoms with Gasteiger partial charge in [0.2, 0.25) is 11.9 Å². The topological polar surface area (TPSA) is 96.9 Å². The van der Waals surface area contributed by atoms with Gasteiger partial charge in [0.1, 0.15) is 7.11 Å². The van der Waals surface area contributed by atoms with Crippen LogP contribution >= 0.6 is 0 Å². The fourth-order valence-corrected chi connectivity index (χ4v) is 4.97. The number of nitrogens with two attached hydrogens (primary N) is 1. The van der Waals surface area contributed by atoms with E-state index < -0.39 is 11.7 Å². The first-order valence-corrected chi connectivity index (χ1v) is 12.1. The molecule has 2 aliphatic rings. The van der Waals surface area contributed by atoms with Crippen LogP contribution < -0.4 is 5.73 Å². The van der Waals surface area contributed by atoms with E-state index in [2.05, 4.69) is 20.0 Å². The van der Waals surface area contributed by atoms with Crippen molar-refractivity contribution in [2.24, 2.45) is 17.0 Å². The zero-order valence-corrected chi connectivity index (χ0v) is 20.2. The van der Waals surface area contributed by atoms with Gasteiger partial charge in [-0.3, -0.25) is 9.69 Å². The van der Waals surface area contributed by atoms with Gasteiger partial charge in [-0.15, -0.1) is 0 Å². The van der Waals surface area contributed by atoms with Gasteiger partial charge in [0.25, 0.3) is 0 Å². The van der Waals surface area contributed by atoms with E-state index in [1.807, 2.05) is 4.90 Å². The smallest absolute Gasteiger partial charge is 0.399 e. The van der Waals surface area contributed by atoms with Crippen molar-refractivity contribution in [3.8, 4) is 0 Å². The van der Waals surface area contributed by atoms with Gasteiger partial charge < -0.3 is 15.5 Å². The largest absolute Gasteiger partial charge is 0.416 e. The molecule has 2 N–H and O–H groups in total. The first-order chi connectivity index (χ1) is 17.2. The number of hydrogen-bond donors (Lipinski definition) is 1. The second kappa shape index (κ2) is 11.2. The number of carbonyl (C=O) groups is 1. The zero-order valence-electron chi connectivity index (χ0n) is 20.2. The highest BCUT2D eigenvalue weighted by atomic mass is 19.4. The SMILES string of the molecule is CO/N=C(\c1ccc(C(F)(F)F)cc1)C1CCN(C(=O)C2CCN(Cc3cnc(N)nc3)CC2)CC1. The number of oxime groups is 1. The second-order valence-electron chi connectivity index (χ2n) is 9.33. The molecule has 1 aromatic carbocycles. The Morgan fingerprint density at radius 3 is 2.17 bits per heavy atom. The number of likely N-dealkylation sites (tertiary alicyclic amines) is 2. The number of piperidine rings is 2. The molecule has 0 spiro atoms. The molecule has 3 heterocycles. The maximum atomic E-state index is 13.2. The third kappa shape index (κ3) is 6.31. The van der Waals surface area contributed by atoms with E-state index in [0.717, 1.165) is 50.2 Å². The number of nitrogens with zero attached hydrogens (tertiary/aromatic N) is 5. The predicted molar refractivity (Wildman–Crippen MR) is 129 cm³/mol. The number of alkyl halides is 3. The van der Waals surface area contributed by atoms with E-state index in [4.69, 9.17) is 10.6 Å². The lowest BCUT2D eigenvalue weighted by atomic mass is 9.86. The Kier molecular flexibility index (Phi) is 8.07. The summed E-state index contributed by atoms with van der Waals surface area (Å²) in [6, 6.07) is 4.99. The molecule has 8 nitrogen and oxygen atoms in total. The fourth-order valence-electron chi connectivity index (χ4n) is 4.97. The van der Waals surface area contributed by atoms with Crippen LogP contribution in [0.5, 0.6) is 0 Å². The average Bonchev–Trinajstić information content (AvgIpc) is 2.88. The van der Waals surface area contributed by atoms with Crippen LogP contribution in [0.1, 0.15) is 42.4 Å². The van der Waals surface area contributed by atoms with Crippen LogP contribution in [0.25, 0.3) is 0 Å². The summed E-state index contributed by atoms with van der Waals surface area (Å²) in [5.74, 6) is 0.452. The van der Waals surface area contributed by atoms with Crippen molar-refractivity contribution in [1.82, 2.24) is 19.8 Å². The molecule has 1 amide bonds. The Bertz CT molecular complexity index is 1040. The molecule has 11 heteroatoms. The Morgan fingerprint density at radius 1 is 1.03 bits per heavy atom. The summed E-state index contributed by atoms with van der Waals surface area (Å²) in [7, 11) is 1.43. The molecule has 2 fully saturated rings. The quantitative estimate of drug-likeness (QED) is 0.477. The molecule has 0 unspecified atom stereocenters. The number of amides is 1. The minimum Gasteiger partial charge on any atom is -0.399 e. The predicted octanol–water partition coefficient (Wildman–Crippen LogP) is 3.58. The number of aromatic nitrogens is 2. The number of rotatable bonds is 6. The molecule has 0 saturated carbocycles. The van der Waals surface area contributed by atoms with Crippen LogP contribution in [-0.4, -0.2) is 64.7 Å². The van der Waals surface area contributed by atoms with Gasteiger partial charge in [-0.1, -0.05) is 17.3 Å². The van der Waals surface area contributed by atoms with Crippen LogP contribution in [0, 0.1) is 11.8 Å². The molecule has 2 aliphatic heterocycles. The summed E-state index contributed by atoms with van der Waals surface area (Å²) in [6.07, 6.45) is 2.05. The van der Waals surface area contributed by atoms with Gasteiger partial charge in [0.15, 0.2) is 0 Å². The molecule has 2 saturated heterocycles. The van der Waals surface area contributed by atoms with Crippen molar-refractivity contribution in [2.75, 3.05) is 39.0 Å². The minimum absolute atomic E-state index is 0.00231. The Labute approximate surface area is 208 Å². The molecule has 0 atom stereocenters. The first kappa shape index (κ1) is 25.9. The van der Waals surface area contributed by atoms with Crippen molar-refractivity contribution < 1.29 is 22.8 Å². The Morgan fingerprint density at radius 2 is 1.61 bits per heavy atom. The van der Waals surface area contributed by atoms with E-state index in [1.165, 1.54) is 19.2 Å². The normalized spacial score (nSPS) is 18.9. The standard InChI is InChI=1S/C25H31F3N6O2/c1-36-32-22(18-2-4-21(5-3-18)25(26,27)28)19-8-12-34(13-9-19)23(35)20-6-10-33(11-7-20)16-17-14-30-24(29)31-15-17/h2-5,14-15,19-20H,6-13,16H2,1H3,(H2,29,30,31)/b32-22+. The van der Waals surface area contributed by atoms with Crippen LogP contribution in [-0.2, 0) is 22.4 Å². The molecule has 194 valence electrons. The van der Waals surface area contributed by atoms with E-state index in [0.29, 0.717) is 37.2 Å². The van der Waals surface area contributed by atoms with Gasteiger partial charge in [-0.2, -0.15) is 13.2 Å². The summed E-state index contributed by atoms with van der Waals surface area (Å²) in [6.45, 7) is 3.58. The third-order valence-corrected chi connectivity index (χ3v) is 6.96. The lowest BCUT2D eigenvalue weighted by Crippen LogP contribution is -2.46. The Balaban J connectivity index is 1.29. The van der Waals surface area contributed by atoms with E-state index >= 15 is 0 Å². The number of benzene rings is 1. The molecule has 0 aliphatic carbocycles. The first-order valence-electron chi connectivity index (χ1n) is 12.1. The monoisotopic (exact) mass is 504 g/mol. The van der Waals surface area contributed by atoms with Crippen LogP contribution in [0.3, 0.4) is 0 Å². The summed E-state index contributed by atoms with van der Waals surface area (Å²) in [5.41, 5.74) is 7.07. The molecular weight excluding hydrogens is 473 g/mol. The number of anilines is 1. The van der Waals surface area contributed by atoms with Gasteiger partial charge in [0, 0.05) is 49.4 Å². The molecule has 2 aromatic rings. The van der Waals surface area contributed by atoms with Gasteiger partial charge in [-0.05, 0) is 56.5 Å². The van der Waals surface area contributed by atoms with Crippen molar-refractivity contribution in [2.45, 2.75) is 38.4 Å². The highest BCUT2D eigenvalue weighted by molar-refractivity contribution is 6.02. The maximum absolute atomic E-state index is 13.2. The second-order valence-corrected chi connectivity index (χ2v) is 9.33. The minimum atomic E-state index is -4.39. The van der Waals surface area contributed by atoms with Crippen molar-refractivity contribution in [1.29, 1.82) is 0 Å². The Hall–Kier alpha value is -3.21. The number of halogens is 3. The molecule has 1 aromatic heterocycles. The van der Waals surface area contributed by atoms with E-state index in [1.54, 1.807) is 12.4 Å². The lowest BCUT2D eigenvalue weighted by molar-refractivity contribution is -0.138. The molecule has 36 heavy (non-hydrogen) atoms. The molecule has 4 rings (SSSR count). The summed E-state index contributed by atoms with van der Waals surface area (Å²) >= 11 is 0. The van der Waals surface area contributed by atoms with E-state index in [-0.39, 0.29) is 23.7 Å². The zero-order chi connectivity index (χ0) is 25.7. The van der Waals surface area contributed by atoms with E-state index in [9.17, 15) is 18.0 Å². The molecule has 0 radical (unpaired) electrons. The molecule has 0 bridgehead atoms. The van der Waals surface area contributed by atoms with Crippen LogP contribution in [0.4, 0.5) is 19.1 Å². The van der Waals surface area contributed by atoms with Crippen LogP contribution in [0.15, 0.2) is 41.8 Å². The summed E-state index contributed by atoms with van der Waals surface area (Å²) in [5, 5.41) is 4.13. The number of carbonyl (C=O) groups excluding carboxylic acids is 1. The van der Waals surface area contributed by atoms with Crippen molar-refractivity contribution in [3.05, 3.63) is 53.3 Å². The lowest BCUT2D eigenvalue weighted by Gasteiger charge is -2.37. The number of nitrogen functional groups attached to an aromatic ring is 1. The van der Waals surface area contributed by atoms with Gasteiger partial charge in [0.05, 0.1) is 11.3 Å². The van der Waals surface area contributed by atoms with Gasteiger partial charge >= 0.3 is 6.18 Å². The summed E-state index contributed by atoms with van der Waals surface area (Å²) in [4.78, 5) is 30.4. The number of hydrogen-bond acceptors (Lipinski definition) is 7. The third-order valence-electron chi connectivity index (χ3n) is 6.96. The average molecular weight is 505 g/mol. The van der Waals surface area contributed by atoms with Crippen LogP contribution in [0.2, 0.25) is 0 Å². The maximum Gasteiger partial charge on any atom is 0.416 e. The molecular formula is C25H31F3N6O2. The summed E-state index contributed by atoms with van der Waals surface area (Å²) < 4.78 is 38.8. The van der Waals surface area contributed by atoms with Crippen molar-refractivity contribution in [3.63, 3.8) is 0 Å². The fraction of sp³-hybridized carbons (Fsp3) is 0.520. The highest BCUT2D eigenvalue weighted by Gasteiger charge is 2.33. The van der Waals surface area contributed by atoms with Crippen molar-refractivity contribution >= 4 is 17.6 Å².